The highest BCUT2D eigenvalue weighted by Crippen LogP contribution is 2.18. The van der Waals surface area contributed by atoms with E-state index in [0.717, 1.165) is 10.8 Å². The Kier molecular flexibility index (Phi) is 5.91. The molecule has 5 heteroatoms. The molecule has 22 heavy (non-hydrogen) atoms. The molecular formula is C17H20N2O3. The van der Waals surface area contributed by atoms with E-state index in [1.807, 2.05) is 43.3 Å². The summed E-state index contributed by atoms with van der Waals surface area (Å²) in [4.78, 5) is 23.5. The maximum atomic E-state index is 11.8. The van der Waals surface area contributed by atoms with Crippen molar-refractivity contribution in [2.45, 2.75) is 13.3 Å². The predicted molar refractivity (Wildman–Crippen MR) is 86.7 cm³/mol. The minimum Gasteiger partial charge on any atom is -0.382 e. The van der Waals surface area contributed by atoms with Gasteiger partial charge in [0.05, 0.1) is 0 Å². The second-order valence-electron chi connectivity index (χ2n) is 4.82. The Hall–Kier alpha value is -2.40. The van der Waals surface area contributed by atoms with Gasteiger partial charge in [-0.15, -0.1) is 0 Å². The van der Waals surface area contributed by atoms with Gasteiger partial charge in [0.15, 0.2) is 0 Å². The second kappa shape index (κ2) is 8.14. The van der Waals surface area contributed by atoms with Crippen molar-refractivity contribution in [3.63, 3.8) is 0 Å². The summed E-state index contributed by atoms with van der Waals surface area (Å²) in [5, 5.41) is 7.27. The number of fused-ring (bicyclic) bond motifs is 1. The highest BCUT2D eigenvalue weighted by atomic mass is 16.5. The van der Waals surface area contributed by atoms with Gasteiger partial charge in [-0.2, -0.15) is 0 Å². The number of hydrogen-bond donors (Lipinski definition) is 2. The van der Waals surface area contributed by atoms with E-state index in [1.165, 1.54) is 0 Å². The number of ether oxygens (including phenoxy) is 1. The molecule has 0 atom stereocenters. The van der Waals surface area contributed by atoms with Crippen LogP contribution in [0.4, 0.5) is 5.69 Å². The second-order valence-corrected chi connectivity index (χ2v) is 4.82. The van der Waals surface area contributed by atoms with E-state index in [0.29, 0.717) is 31.9 Å². The molecule has 0 fully saturated rings. The van der Waals surface area contributed by atoms with Gasteiger partial charge >= 0.3 is 11.8 Å². The fourth-order valence-corrected chi connectivity index (χ4v) is 2.06. The molecule has 2 aromatic carbocycles. The van der Waals surface area contributed by atoms with E-state index in [-0.39, 0.29) is 0 Å². The van der Waals surface area contributed by atoms with E-state index in [9.17, 15) is 9.59 Å². The molecule has 0 aromatic heterocycles. The molecule has 0 spiro atoms. The van der Waals surface area contributed by atoms with Crippen LogP contribution in [0, 0.1) is 0 Å². The minimum absolute atomic E-state index is 0.421. The van der Waals surface area contributed by atoms with Crippen molar-refractivity contribution in [1.29, 1.82) is 0 Å². The van der Waals surface area contributed by atoms with Crippen LogP contribution in [0.1, 0.15) is 13.3 Å². The van der Waals surface area contributed by atoms with Gasteiger partial charge in [0.2, 0.25) is 0 Å². The summed E-state index contributed by atoms with van der Waals surface area (Å²) in [5.74, 6) is -1.30. The zero-order valence-corrected chi connectivity index (χ0v) is 12.6. The number of anilines is 1. The first-order valence-electron chi connectivity index (χ1n) is 7.36. The van der Waals surface area contributed by atoms with Crippen LogP contribution in [0.5, 0.6) is 0 Å². The fraction of sp³-hybridized carbons (Fsp3) is 0.294. The highest BCUT2D eigenvalue weighted by Gasteiger charge is 2.12. The monoisotopic (exact) mass is 300 g/mol. The molecule has 0 aliphatic carbocycles. The molecule has 5 nitrogen and oxygen atoms in total. The largest absolute Gasteiger partial charge is 0.382 e. The first kappa shape index (κ1) is 16.0. The fourth-order valence-electron chi connectivity index (χ4n) is 2.06. The summed E-state index contributed by atoms with van der Waals surface area (Å²) in [6.07, 6.45) is 0.683. The Morgan fingerprint density at radius 1 is 1.05 bits per heavy atom. The van der Waals surface area contributed by atoms with E-state index in [2.05, 4.69) is 10.6 Å². The van der Waals surface area contributed by atoms with Crippen LogP contribution in [-0.4, -0.2) is 31.6 Å². The minimum atomic E-state index is -0.660. The quantitative estimate of drug-likeness (QED) is 0.635. The van der Waals surface area contributed by atoms with Crippen molar-refractivity contribution in [3.05, 3.63) is 42.5 Å². The Morgan fingerprint density at radius 3 is 2.59 bits per heavy atom. The zero-order chi connectivity index (χ0) is 15.8. The highest BCUT2D eigenvalue weighted by molar-refractivity contribution is 6.39. The van der Waals surface area contributed by atoms with Gasteiger partial charge in [0.1, 0.15) is 0 Å². The molecule has 0 unspecified atom stereocenters. The Balaban J connectivity index is 1.85. The summed E-state index contributed by atoms with van der Waals surface area (Å²) < 4.78 is 5.16. The third-order valence-electron chi connectivity index (χ3n) is 3.17. The van der Waals surface area contributed by atoms with E-state index in [4.69, 9.17) is 4.74 Å². The van der Waals surface area contributed by atoms with E-state index in [1.54, 1.807) is 6.07 Å². The molecule has 2 rings (SSSR count). The van der Waals surface area contributed by atoms with Gasteiger partial charge in [-0.3, -0.25) is 9.59 Å². The first-order chi connectivity index (χ1) is 10.7. The Bertz CT molecular complexity index is 655. The molecule has 0 aliphatic rings. The lowest BCUT2D eigenvalue weighted by Gasteiger charge is -2.07. The number of carbonyl (C=O) groups excluding carboxylic acids is 2. The summed E-state index contributed by atoms with van der Waals surface area (Å²) in [5.41, 5.74) is 0.605. The predicted octanol–water partition coefficient (Wildman–Crippen LogP) is 2.32. The van der Waals surface area contributed by atoms with Gasteiger partial charge in [-0.1, -0.05) is 30.3 Å². The third-order valence-corrected chi connectivity index (χ3v) is 3.17. The van der Waals surface area contributed by atoms with Crippen molar-refractivity contribution in [1.82, 2.24) is 5.32 Å². The Labute approximate surface area is 129 Å². The van der Waals surface area contributed by atoms with Crippen LogP contribution in [-0.2, 0) is 14.3 Å². The van der Waals surface area contributed by atoms with Crippen molar-refractivity contribution in [3.8, 4) is 0 Å². The van der Waals surface area contributed by atoms with Gasteiger partial charge in [-0.25, -0.2) is 0 Å². The van der Waals surface area contributed by atoms with Crippen molar-refractivity contribution >= 4 is 28.3 Å². The third kappa shape index (κ3) is 4.56. The summed E-state index contributed by atoms with van der Waals surface area (Å²) in [7, 11) is 0. The molecule has 0 bridgehead atoms. The smallest absolute Gasteiger partial charge is 0.313 e. The molecule has 0 saturated heterocycles. The van der Waals surface area contributed by atoms with Crippen molar-refractivity contribution in [2.75, 3.05) is 25.1 Å². The van der Waals surface area contributed by atoms with Crippen LogP contribution in [0.2, 0.25) is 0 Å². The molecular weight excluding hydrogens is 280 g/mol. The molecule has 0 aliphatic heterocycles. The molecule has 0 radical (unpaired) electrons. The summed E-state index contributed by atoms with van der Waals surface area (Å²) in [6, 6.07) is 13.4. The van der Waals surface area contributed by atoms with E-state index < -0.39 is 11.8 Å². The Morgan fingerprint density at radius 2 is 1.82 bits per heavy atom. The van der Waals surface area contributed by atoms with Crippen LogP contribution in [0.3, 0.4) is 0 Å². The maximum absolute atomic E-state index is 11.8. The van der Waals surface area contributed by atoms with Gasteiger partial charge < -0.3 is 15.4 Å². The number of nitrogens with one attached hydrogen (secondary N) is 2. The number of carbonyl (C=O) groups is 2. The van der Waals surface area contributed by atoms with Gasteiger partial charge in [0, 0.05) is 25.4 Å². The first-order valence-corrected chi connectivity index (χ1v) is 7.36. The number of benzene rings is 2. The van der Waals surface area contributed by atoms with Gasteiger partial charge in [-0.05, 0) is 36.2 Å². The number of hydrogen-bond acceptors (Lipinski definition) is 3. The van der Waals surface area contributed by atoms with Crippen LogP contribution < -0.4 is 10.6 Å². The average molecular weight is 300 g/mol. The molecule has 2 amide bonds. The SMILES string of the molecule is CCOCCCNC(=O)C(=O)Nc1ccc2ccccc2c1. The standard InChI is InChI=1S/C17H20N2O3/c1-2-22-11-5-10-18-16(20)17(21)19-15-9-8-13-6-3-4-7-14(13)12-15/h3-4,6-9,12H,2,5,10-11H2,1H3,(H,18,20)(H,19,21). The lowest BCUT2D eigenvalue weighted by Crippen LogP contribution is -2.36. The lowest BCUT2D eigenvalue weighted by molar-refractivity contribution is -0.136. The normalized spacial score (nSPS) is 10.4. The molecule has 116 valence electrons. The van der Waals surface area contributed by atoms with Crippen LogP contribution in [0.25, 0.3) is 10.8 Å². The number of amides is 2. The zero-order valence-electron chi connectivity index (χ0n) is 12.6. The molecule has 0 saturated carbocycles. The van der Waals surface area contributed by atoms with E-state index >= 15 is 0 Å². The van der Waals surface area contributed by atoms with Gasteiger partial charge in [0.25, 0.3) is 0 Å². The van der Waals surface area contributed by atoms with Crippen molar-refractivity contribution in [2.24, 2.45) is 0 Å². The number of rotatable bonds is 6. The van der Waals surface area contributed by atoms with Crippen molar-refractivity contribution < 1.29 is 14.3 Å². The summed E-state index contributed by atoms with van der Waals surface area (Å²) in [6.45, 7) is 3.55. The maximum Gasteiger partial charge on any atom is 0.313 e. The van der Waals surface area contributed by atoms with Crippen LogP contribution >= 0.6 is 0 Å². The van der Waals surface area contributed by atoms with Crippen LogP contribution in [0.15, 0.2) is 42.5 Å². The average Bonchev–Trinajstić information content (AvgIpc) is 2.54. The molecule has 2 aromatic rings. The lowest BCUT2D eigenvalue weighted by atomic mass is 10.1. The topological polar surface area (TPSA) is 67.4 Å². The summed E-state index contributed by atoms with van der Waals surface area (Å²) >= 11 is 0. The molecule has 0 heterocycles. The molecule has 2 N–H and O–H groups in total.